The summed E-state index contributed by atoms with van der Waals surface area (Å²) >= 11 is 0. The molecule has 0 aromatic rings. The Hall–Kier alpha value is -0.183. The Morgan fingerprint density at radius 1 is 0.800 bits per heavy atom. The highest BCUT2D eigenvalue weighted by Gasteiger charge is 1.76. The second-order valence-electron chi connectivity index (χ2n) is 3.44. The molecule has 0 saturated carbocycles. The third kappa shape index (κ3) is 57.0. The van der Waals surface area contributed by atoms with Gasteiger partial charge in [0.25, 0.3) is 0 Å². The summed E-state index contributed by atoms with van der Waals surface area (Å²) in [6.07, 6.45) is 7.70. The van der Waals surface area contributed by atoms with Gasteiger partial charge in [0, 0.05) is 0 Å². The van der Waals surface area contributed by atoms with Crippen LogP contribution in [0.1, 0.15) is 73.1 Å². The SMILES string of the molecule is CCCC.CCCC.CCCC[SiH]=NO. The van der Waals surface area contributed by atoms with Gasteiger partial charge in [0.1, 0.15) is 0 Å². The molecule has 15 heavy (non-hydrogen) atoms. The van der Waals surface area contributed by atoms with Crippen molar-refractivity contribution in [2.75, 3.05) is 0 Å². The predicted octanol–water partition coefficient (Wildman–Crippen LogP) is 4.83. The molecule has 1 N–H and O–H groups in total. The van der Waals surface area contributed by atoms with E-state index in [9.17, 15) is 0 Å². The first-order valence-corrected chi connectivity index (χ1v) is 7.73. The van der Waals surface area contributed by atoms with Crippen LogP contribution in [0.4, 0.5) is 0 Å². The molecule has 0 radical (unpaired) electrons. The van der Waals surface area contributed by atoms with Crippen molar-refractivity contribution >= 4 is 9.31 Å². The molecule has 0 aromatic heterocycles. The van der Waals surface area contributed by atoms with Gasteiger partial charge in [-0.2, -0.15) is 4.80 Å². The van der Waals surface area contributed by atoms with Crippen LogP contribution in [-0.2, 0) is 0 Å². The summed E-state index contributed by atoms with van der Waals surface area (Å²) in [7, 11) is -0.00324. The molecule has 0 aliphatic carbocycles. The third-order valence-electron chi connectivity index (χ3n) is 1.77. The van der Waals surface area contributed by atoms with Gasteiger partial charge in [-0.15, -0.1) is 0 Å². The molecule has 0 saturated heterocycles. The molecule has 0 aromatic carbocycles. The number of hydrogen-bond acceptors (Lipinski definition) is 2. The highest BCUT2D eigenvalue weighted by atomic mass is 28.2. The number of unbranched alkanes of at least 4 members (excludes halogenated alkanes) is 3. The zero-order valence-electron chi connectivity index (χ0n) is 11.4. The van der Waals surface area contributed by atoms with Crippen molar-refractivity contribution in [3.05, 3.63) is 0 Å². The fraction of sp³-hybridized carbons (Fsp3) is 1.00. The standard InChI is InChI=1S/C4H11NOSi.2C4H10/c1-2-3-4-7-5-6;2*1-3-4-2/h6-7H,2-4H2,1H3;2*3-4H2,1-2H3. The van der Waals surface area contributed by atoms with E-state index >= 15 is 0 Å². The Morgan fingerprint density at radius 2 is 1.20 bits per heavy atom. The highest BCUT2D eigenvalue weighted by Crippen LogP contribution is 1.89. The monoisotopic (exact) mass is 233 g/mol. The van der Waals surface area contributed by atoms with E-state index in [0.29, 0.717) is 0 Å². The molecular weight excluding hydrogens is 202 g/mol. The average molecular weight is 233 g/mol. The maximum Gasteiger partial charge on any atom is 0.164 e. The maximum absolute atomic E-state index is 7.95. The summed E-state index contributed by atoms with van der Waals surface area (Å²) < 4.78 is 0. The minimum atomic E-state index is -0.00324. The van der Waals surface area contributed by atoms with Gasteiger partial charge < -0.3 is 5.21 Å². The lowest BCUT2D eigenvalue weighted by molar-refractivity contribution is 0.324. The van der Waals surface area contributed by atoms with Crippen LogP contribution >= 0.6 is 0 Å². The summed E-state index contributed by atoms with van der Waals surface area (Å²) in [6, 6.07) is 1.10. The molecule has 0 aliphatic rings. The lowest BCUT2D eigenvalue weighted by Crippen LogP contribution is -1.73. The lowest BCUT2D eigenvalue weighted by Gasteiger charge is -1.81. The lowest BCUT2D eigenvalue weighted by atomic mass is 10.4. The van der Waals surface area contributed by atoms with Crippen molar-refractivity contribution in [3.8, 4) is 0 Å². The first-order valence-electron chi connectivity index (χ1n) is 6.40. The first kappa shape index (κ1) is 20.3. The summed E-state index contributed by atoms with van der Waals surface area (Å²) in [5, 5.41) is 7.95. The molecule has 0 spiro atoms. The molecule has 0 fully saturated rings. The molecule has 0 unspecified atom stereocenters. The van der Waals surface area contributed by atoms with Crippen LogP contribution < -0.4 is 0 Å². The minimum Gasteiger partial charge on any atom is -0.421 e. The smallest absolute Gasteiger partial charge is 0.164 e. The van der Waals surface area contributed by atoms with E-state index in [1.165, 1.54) is 38.5 Å². The first-order chi connectivity index (χ1) is 7.24. The van der Waals surface area contributed by atoms with Crippen molar-refractivity contribution in [2.24, 2.45) is 4.80 Å². The van der Waals surface area contributed by atoms with Crippen LogP contribution in [0.2, 0.25) is 6.04 Å². The van der Waals surface area contributed by atoms with Crippen LogP contribution in [-0.4, -0.2) is 14.5 Å². The summed E-state index contributed by atoms with van der Waals surface area (Å²) in [5.74, 6) is 0. The maximum atomic E-state index is 7.95. The Bertz CT molecular complexity index is 89.6. The molecular formula is C12H31NOSi. The van der Waals surface area contributed by atoms with E-state index in [4.69, 9.17) is 5.21 Å². The van der Waals surface area contributed by atoms with Gasteiger partial charge in [-0.3, -0.25) is 0 Å². The van der Waals surface area contributed by atoms with E-state index in [1.54, 1.807) is 0 Å². The summed E-state index contributed by atoms with van der Waals surface area (Å²) in [6.45, 7) is 10.9. The van der Waals surface area contributed by atoms with Crippen molar-refractivity contribution in [1.82, 2.24) is 0 Å². The Labute approximate surface area is 99.0 Å². The molecule has 0 atom stereocenters. The topological polar surface area (TPSA) is 32.6 Å². The van der Waals surface area contributed by atoms with Crippen LogP contribution in [0, 0.1) is 0 Å². The molecule has 3 heteroatoms. The molecule has 0 aliphatic heterocycles. The normalized spacial score (nSPS) is 8.87. The number of nitrogens with zero attached hydrogens (tertiary/aromatic N) is 1. The van der Waals surface area contributed by atoms with E-state index in [1.807, 2.05) is 0 Å². The Balaban J connectivity index is -0.000000155. The van der Waals surface area contributed by atoms with E-state index < -0.39 is 0 Å². The molecule has 0 heterocycles. The molecule has 94 valence electrons. The van der Waals surface area contributed by atoms with Crippen molar-refractivity contribution in [2.45, 2.75) is 79.2 Å². The minimum absolute atomic E-state index is 0.00324. The highest BCUT2D eigenvalue weighted by molar-refractivity contribution is 6.20. The number of hydrogen-bond donors (Lipinski definition) is 1. The summed E-state index contributed by atoms with van der Waals surface area (Å²) in [4.78, 5) is 3.06. The zero-order chi connectivity index (χ0) is 12.4. The molecule has 2 nitrogen and oxygen atoms in total. The fourth-order valence-corrected chi connectivity index (χ4v) is 1.06. The largest absolute Gasteiger partial charge is 0.421 e. The van der Waals surface area contributed by atoms with Crippen LogP contribution in [0.5, 0.6) is 0 Å². The van der Waals surface area contributed by atoms with Crippen molar-refractivity contribution < 1.29 is 5.21 Å². The summed E-state index contributed by atoms with van der Waals surface area (Å²) in [5.41, 5.74) is 0. The molecule has 0 amide bonds. The van der Waals surface area contributed by atoms with Gasteiger partial charge in [-0.1, -0.05) is 73.1 Å². The van der Waals surface area contributed by atoms with Crippen LogP contribution in [0.15, 0.2) is 4.80 Å². The molecule has 0 rings (SSSR count). The van der Waals surface area contributed by atoms with Gasteiger partial charge in [0.15, 0.2) is 9.31 Å². The average Bonchev–Trinajstić information content (AvgIpc) is 2.30. The van der Waals surface area contributed by atoms with Crippen molar-refractivity contribution in [1.29, 1.82) is 0 Å². The Morgan fingerprint density at radius 3 is 1.40 bits per heavy atom. The van der Waals surface area contributed by atoms with Crippen molar-refractivity contribution in [3.63, 3.8) is 0 Å². The second kappa shape index (κ2) is 29.2. The quantitative estimate of drug-likeness (QED) is 0.412. The predicted molar refractivity (Wildman–Crippen MR) is 72.2 cm³/mol. The van der Waals surface area contributed by atoms with Gasteiger partial charge >= 0.3 is 0 Å². The van der Waals surface area contributed by atoms with Gasteiger partial charge in [-0.05, 0) is 6.04 Å². The van der Waals surface area contributed by atoms with Gasteiger partial charge in [0.05, 0.1) is 0 Å². The number of rotatable bonds is 5. The van der Waals surface area contributed by atoms with Crippen LogP contribution in [0.3, 0.4) is 0 Å². The van der Waals surface area contributed by atoms with Gasteiger partial charge in [-0.25, -0.2) is 0 Å². The van der Waals surface area contributed by atoms with Gasteiger partial charge in [0.2, 0.25) is 0 Å². The Kier molecular flexibility index (Phi) is 39.4. The van der Waals surface area contributed by atoms with E-state index in [0.717, 1.165) is 6.04 Å². The third-order valence-corrected chi connectivity index (χ3v) is 2.60. The van der Waals surface area contributed by atoms with Crippen LogP contribution in [0.25, 0.3) is 0 Å². The second-order valence-corrected chi connectivity index (χ2v) is 4.61. The fourth-order valence-electron chi connectivity index (χ4n) is 0.353. The van der Waals surface area contributed by atoms with E-state index in [2.05, 4.69) is 39.4 Å². The van der Waals surface area contributed by atoms with E-state index in [-0.39, 0.29) is 9.31 Å². The molecule has 0 bridgehead atoms. The zero-order valence-corrected chi connectivity index (χ0v) is 12.6.